The Kier molecular flexibility index (Phi) is 4.71. The first kappa shape index (κ1) is 14.6. The van der Waals surface area contributed by atoms with Gasteiger partial charge in [-0.05, 0) is 68.1 Å². The third-order valence-corrected chi connectivity index (χ3v) is 4.19. The molecule has 0 radical (unpaired) electrons. The molecule has 0 aliphatic heterocycles. The number of anilines is 1. The summed E-state index contributed by atoms with van der Waals surface area (Å²) in [6.45, 7) is 2.54. The summed E-state index contributed by atoms with van der Waals surface area (Å²) in [6.07, 6.45) is 1.69. The normalized spacial score (nSPS) is 10.5. The molecule has 0 spiro atoms. The number of aromatic hydroxyl groups is 1. The second-order valence-corrected chi connectivity index (χ2v) is 6.16. The highest BCUT2D eigenvalue weighted by atomic mass is 79.9. The number of halogens is 3. The monoisotopic (exact) mass is 404 g/mol. The lowest BCUT2D eigenvalue weighted by Gasteiger charge is -2.09. The van der Waals surface area contributed by atoms with Crippen LogP contribution in [0.3, 0.4) is 0 Å². The Labute approximate surface area is 133 Å². The van der Waals surface area contributed by atoms with E-state index in [-0.39, 0.29) is 5.75 Å². The number of aryl methyl sites for hydroxylation is 1. The lowest BCUT2D eigenvalue weighted by Crippen LogP contribution is -2.00. The van der Waals surface area contributed by atoms with Crippen molar-refractivity contribution in [2.45, 2.75) is 13.5 Å². The van der Waals surface area contributed by atoms with Crippen molar-refractivity contribution < 1.29 is 5.11 Å². The van der Waals surface area contributed by atoms with Crippen LogP contribution < -0.4 is 5.32 Å². The number of pyridine rings is 1. The van der Waals surface area contributed by atoms with Gasteiger partial charge >= 0.3 is 0 Å². The molecule has 19 heavy (non-hydrogen) atoms. The zero-order chi connectivity index (χ0) is 14.0. The summed E-state index contributed by atoms with van der Waals surface area (Å²) in [7, 11) is 0. The summed E-state index contributed by atoms with van der Waals surface area (Å²) in [6, 6.07) is 5.67. The molecule has 1 aromatic heterocycles. The molecule has 0 aliphatic carbocycles. The first-order valence-electron chi connectivity index (χ1n) is 5.50. The molecule has 0 aliphatic rings. The van der Waals surface area contributed by atoms with Gasteiger partial charge in [-0.15, -0.1) is 0 Å². The lowest BCUT2D eigenvalue weighted by atomic mass is 10.2. The summed E-state index contributed by atoms with van der Waals surface area (Å²) < 4.78 is 1.31. The van der Waals surface area contributed by atoms with E-state index in [1.54, 1.807) is 6.20 Å². The highest BCUT2D eigenvalue weighted by Crippen LogP contribution is 2.33. The van der Waals surface area contributed by atoms with Crippen LogP contribution in [0.5, 0.6) is 5.75 Å². The van der Waals surface area contributed by atoms with Gasteiger partial charge in [-0.25, -0.2) is 4.98 Å². The maximum absolute atomic E-state index is 9.64. The molecule has 0 atom stereocenters. The number of aromatic nitrogens is 1. The number of benzene rings is 1. The van der Waals surface area contributed by atoms with Gasteiger partial charge in [0.15, 0.2) is 0 Å². The van der Waals surface area contributed by atoms with Crippen LogP contribution >= 0.6 is 43.5 Å². The van der Waals surface area contributed by atoms with Crippen LogP contribution in [0.15, 0.2) is 33.3 Å². The average Bonchev–Trinajstić information content (AvgIpc) is 2.37. The van der Waals surface area contributed by atoms with Crippen LogP contribution in [-0.2, 0) is 6.54 Å². The van der Waals surface area contributed by atoms with Gasteiger partial charge in [-0.3, -0.25) is 0 Å². The van der Waals surface area contributed by atoms with Gasteiger partial charge in [0.25, 0.3) is 0 Å². The maximum Gasteiger partial charge on any atom is 0.143 e. The van der Waals surface area contributed by atoms with Crippen molar-refractivity contribution >= 4 is 49.1 Å². The minimum Gasteiger partial charge on any atom is -0.506 e. The van der Waals surface area contributed by atoms with Gasteiger partial charge in [0.1, 0.15) is 10.9 Å². The third kappa shape index (κ3) is 3.61. The SMILES string of the molecule is Cc1cc(NCc2cc(Br)c(O)c(Br)c2)cnc1Cl. The molecular weight excluding hydrogens is 395 g/mol. The Morgan fingerprint density at radius 2 is 1.89 bits per heavy atom. The minimum atomic E-state index is 0.202. The number of nitrogens with one attached hydrogen (secondary N) is 1. The molecule has 100 valence electrons. The molecule has 2 rings (SSSR count). The summed E-state index contributed by atoms with van der Waals surface area (Å²) in [5.41, 5.74) is 2.87. The highest BCUT2D eigenvalue weighted by molar-refractivity contribution is 9.11. The molecule has 1 heterocycles. The van der Waals surface area contributed by atoms with E-state index >= 15 is 0 Å². The summed E-state index contributed by atoms with van der Waals surface area (Å²) >= 11 is 12.5. The molecule has 2 N–H and O–H groups in total. The fourth-order valence-corrected chi connectivity index (χ4v) is 2.96. The van der Waals surface area contributed by atoms with Gasteiger partial charge in [0, 0.05) is 6.54 Å². The summed E-state index contributed by atoms with van der Waals surface area (Å²) in [4.78, 5) is 4.08. The second-order valence-electron chi connectivity index (χ2n) is 4.09. The van der Waals surface area contributed by atoms with Crippen LogP contribution in [-0.4, -0.2) is 10.1 Å². The zero-order valence-corrected chi connectivity index (χ0v) is 14.0. The van der Waals surface area contributed by atoms with Gasteiger partial charge in [-0.2, -0.15) is 0 Å². The van der Waals surface area contributed by atoms with E-state index < -0.39 is 0 Å². The topological polar surface area (TPSA) is 45.1 Å². The number of phenolic OH excluding ortho intramolecular Hbond substituents is 1. The standard InChI is InChI=1S/C13H11Br2ClN2O/c1-7-2-9(6-18-13(7)16)17-5-8-3-10(14)12(19)11(15)4-8/h2-4,6,17,19H,5H2,1H3. The Balaban J connectivity index is 2.12. The van der Waals surface area contributed by atoms with Gasteiger partial charge in [0.05, 0.1) is 20.8 Å². The third-order valence-electron chi connectivity index (χ3n) is 2.59. The molecule has 0 fully saturated rings. The van der Waals surface area contributed by atoms with E-state index in [0.29, 0.717) is 20.6 Å². The Hall–Kier alpha value is -0.780. The molecule has 0 saturated carbocycles. The minimum absolute atomic E-state index is 0.202. The predicted octanol–water partition coefficient (Wildman–Crippen LogP) is 4.89. The molecule has 1 aromatic carbocycles. The van der Waals surface area contributed by atoms with E-state index in [4.69, 9.17) is 11.6 Å². The number of hydrogen-bond acceptors (Lipinski definition) is 3. The molecule has 0 saturated heterocycles. The van der Waals surface area contributed by atoms with Crippen molar-refractivity contribution in [2.75, 3.05) is 5.32 Å². The Morgan fingerprint density at radius 1 is 1.26 bits per heavy atom. The van der Waals surface area contributed by atoms with E-state index in [1.165, 1.54) is 0 Å². The number of phenols is 1. The highest BCUT2D eigenvalue weighted by Gasteiger charge is 2.06. The molecule has 0 unspecified atom stereocenters. The quantitative estimate of drug-likeness (QED) is 0.714. The maximum atomic E-state index is 9.64. The van der Waals surface area contributed by atoms with Gasteiger partial charge in [0.2, 0.25) is 0 Å². The van der Waals surface area contributed by atoms with Crippen LogP contribution in [0, 0.1) is 6.92 Å². The first-order valence-corrected chi connectivity index (χ1v) is 7.46. The largest absolute Gasteiger partial charge is 0.506 e. The molecule has 0 amide bonds. The fourth-order valence-electron chi connectivity index (χ4n) is 1.58. The zero-order valence-electron chi connectivity index (χ0n) is 10.0. The fraction of sp³-hybridized carbons (Fsp3) is 0.154. The van der Waals surface area contributed by atoms with Crippen LogP contribution in [0.1, 0.15) is 11.1 Å². The second kappa shape index (κ2) is 6.11. The van der Waals surface area contributed by atoms with Crippen molar-refractivity contribution in [3.8, 4) is 5.75 Å². The van der Waals surface area contributed by atoms with E-state index in [9.17, 15) is 5.11 Å². The van der Waals surface area contributed by atoms with Crippen molar-refractivity contribution in [2.24, 2.45) is 0 Å². The van der Waals surface area contributed by atoms with Gasteiger partial charge in [-0.1, -0.05) is 11.6 Å². The van der Waals surface area contributed by atoms with E-state index in [0.717, 1.165) is 16.8 Å². The van der Waals surface area contributed by atoms with Crippen LogP contribution in [0.25, 0.3) is 0 Å². The molecule has 3 nitrogen and oxygen atoms in total. The number of nitrogens with zero attached hydrogens (tertiary/aromatic N) is 1. The molecule has 2 aromatic rings. The Morgan fingerprint density at radius 3 is 2.47 bits per heavy atom. The molecular formula is C13H11Br2ClN2O. The number of hydrogen-bond donors (Lipinski definition) is 2. The van der Waals surface area contributed by atoms with Gasteiger partial charge < -0.3 is 10.4 Å². The van der Waals surface area contributed by atoms with E-state index in [2.05, 4.69) is 42.2 Å². The van der Waals surface area contributed by atoms with Crippen LogP contribution in [0.2, 0.25) is 5.15 Å². The Bertz CT molecular complexity index is 597. The summed E-state index contributed by atoms with van der Waals surface area (Å²) in [5, 5.41) is 13.4. The lowest BCUT2D eigenvalue weighted by molar-refractivity contribution is 0.468. The molecule has 6 heteroatoms. The van der Waals surface area contributed by atoms with Crippen molar-refractivity contribution in [1.82, 2.24) is 4.98 Å². The number of rotatable bonds is 3. The van der Waals surface area contributed by atoms with E-state index in [1.807, 2.05) is 25.1 Å². The smallest absolute Gasteiger partial charge is 0.143 e. The van der Waals surface area contributed by atoms with Crippen LogP contribution in [0.4, 0.5) is 5.69 Å². The first-order chi connectivity index (χ1) is 8.97. The predicted molar refractivity (Wildman–Crippen MR) is 84.8 cm³/mol. The average molecular weight is 407 g/mol. The molecule has 0 bridgehead atoms. The van der Waals surface area contributed by atoms with Crippen molar-refractivity contribution in [3.63, 3.8) is 0 Å². The summed E-state index contributed by atoms with van der Waals surface area (Å²) in [5.74, 6) is 0.202. The van der Waals surface area contributed by atoms with Crippen molar-refractivity contribution in [1.29, 1.82) is 0 Å². The van der Waals surface area contributed by atoms with Crippen molar-refractivity contribution in [3.05, 3.63) is 49.6 Å².